The summed E-state index contributed by atoms with van der Waals surface area (Å²) in [6.45, 7) is 12.3. The van der Waals surface area contributed by atoms with E-state index in [0.717, 1.165) is 11.1 Å². The van der Waals surface area contributed by atoms with Crippen molar-refractivity contribution in [3.05, 3.63) is 66.3 Å². The minimum absolute atomic E-state index is 0.182. The number of benzene rings is 1. The average molecular weight is 347 g/mol. The van der Waals surface area contributed by atoms with Crippen molar-refractivity contribution in [1.82, 2.24) is 14.5 Å². The van der Waals surface area contributed by atoms with Crippen LogP contribution in [0.15, 0.2) is 32.6 Å². The summed E-state index contributed by atoms with van der Waals surface area (Å²) in [6.07, 6.45) is -1.50. The number of H-pyrrole nitrogens is 2. The lowest BCUT2D eigenvalue weighted by Gasteiger charge is -2.27. The summed E-state index contributed by atoms with van der Waals surface area (Å²) in [5.74, 6) is 0. The standard InChI is InChI=1S/C18H25N3O4/c1-17(2,3)11-7-10(8-12(9-11)18(4,5)6)13(22)21-15(24)19-14(23)20-16(21)25/h7-9,13,22H,1-6H3,(H2,19,20,23,24,25). The van der Waals surface area contributed by atoms with Crippen molar-refractivity contribution >= 4 is 0 Å². The molecule has 0 saturated heterocycles. The molecule has 0 radical (unpaired) electrons. The Hall–Kier alpha value is -2.41. The molecular formula is C18H25N3O4. The van der Waals surface area contributed by atoms with Gasteiger partial charge in [-0.2, -0.15) is 0 Å². The van der Waals surface area contributed by atoms with Crippen LogP contribution in [0.1, 0.15) is 64.5 Å². The maximum absolute atomic E-state index is 12.0. The highest BCUT2D eigenvalue weighted by Crippen LogP contribution is 2.32. The van der Waals surface area contributed by atoms with Crippen LogP contribution in [-0.4, -0.2) is 19.6 Å². The van der Waals surface area contributed by atoms with Gasteiger partial charge in [-0.25, -0.2) is 19.0 Å². The molecule has 0 amide bonds. The lowest BCUT2D eigenvalue weighted by molar-refractivity contribution is 0.134. The Morgan fingerprint density at radius 1 is 0.840 bits per heavy atom. The van der Waals surface area contributed by atoms with Crippen LogP contribution < -0.4 is 17.1 Å². The second-order valence-electron chi connectivity index (χ2n) is 8.28. The SMILES string of the molecule is CC(C)(C)c1cc(C(O)n2c(=O)[nH]c(=O)[nH]c2=O)cc(C(C)(C)C)c1. The van der Waals surface area contributed by atoms with Crippen molar-refractivity contribution in [2.45, 2.75) is 58.6 Å². The number of hydrogen-bond donors (Lipinski definition) is 3. The van der Waals surface area contributed by atoms with Gasteiger partial charge in [0.25, 0.3) is 0 Å². The molecular weight excluding hydrogens is 322 g/mol. The summed E-state index contributed by atoms with van der Waals surface area (Å²) >= 11 is 0. The maximum atomic E-state index is 12.0. The molecule has 2 aromatic rings. The van der Waals surface area contributed by atoms with Crippen LogP contribution in [0.2, 0.25) is 0 Å². The predicted octanol–water partition coefficient (Wildman–Crippen LogP) is 1.36. The molecule has 3 N–H and O–H groups in total. The largest absolute Gasteiger partial charge is 0.369 e. The van der Waals surface area contributed by atoms with E-state index in [1.165, 1.54) is 0 Å². The summed E-state index contributed by atoms with van der Waals surface area (Å²) < 4.78 is 0.593. The molecule has 7 heteroatoms. The first-order chi connectivity index (χ1) is 11.3. The van der Waals surface area contributed by atoms with Crippen molar-refractivity contribution in [2.24, 2.45) is 0 Å². The third kappa shape index (κ3) is 3.99. The van der Waals surface area contributed by atoms with Gasteiger partial charge < -0.3 is 5.11 Å². The van der Waals surface area contributed by atoms with E-state index in [9.17, 15) is 19.5 Å². The Morgan fingerprint density at radius 3 is 1.60 bits per heavy atom. The second-order valence-corrected chi connectivity index (χ2v) is 8.28. The van der Waals surface area contributed by atoms with Crippen LogP contribution in [-0.2, 0) is 10.8 Å². The van der Waals surface area contributed by atoms with Crippen LogP contribution in [0.25, 0.3) is 0 Å². The fraction of sp³-hybridized carbons (Fsp3) is 0.500. The van der Waals surface area contributed by atoms with Gasteiger partial charge in [0.05, 0.1) is 0 Å². The fourth-order valence-electron chi connectivity index (χ4n) is 2.48. The minimum atomic E-state index is -1.50. The molecule has 1 aromatic carbocycles. The monoisotopic (exact) mass is 347 g/mol. The number of nitrogens with one attached hydrogen (secondary N) is 2. The highest BCUT2D eigenvalue weighted by Gasteiger charge is 2.24. The summed E-state index contributed by atoms with van der Waals surface area (Å²) in [5, 5.41) is 10.6. The Labute approximate surface area is 145 Å². The lowest BCUT2D eigenvalue weighted by atomic mass is 9.79. The molecule has 1 atom stereocenters. The first-order valence-corrected chi connectivity index (χ1v) is 8.10. The molecule has 0 fully saturated rings. The van der Waals surface area contributed by atoms with Crippen molar-refractivity contribution < 1.29 is 5.11 Å². The van der Waals surface area contributed by atoms with E-state index in [1.807, 2.05) is 51.5 Å². The first-order valence-electron chi connectivity index (χ1n) is 8.10. The topological polar surface area (TPSA) is 108 Å². The van der Waals surface area contributed by atoms with Crippen molar-refractivity contribution in [3.8, 4) is 0 Å². The molecule has 7 nitrogen and oxygen atoms in total. The molecule has 1 heterocycles. The van der Waals surface area contributed by atoms with Crippen LogP contribution >= 0.6 is 0 Å². The van der Waals surface area contributed by atoms with Crippen molar-refractivity contribution in [3.63, 3.8) is 0 Å². The molecule has 1 unspecified atom stereocenters. The van der Waals surface area contributed by atoms with E-state index in [1.54, 1.807) is 12.1 Å². The number of aliphatic hydroxyl groups is 1. The number of nitrogens with zero attached hydrogens (tertiary/aromatic N) is 1. The van der Waals surface area contributed by atoms with E-state index in [-0.39, 0.29) is 10.8 Å². The molecule has 136 valence electrons. The van der Waals surface area contributed by atoms with E-state index < -0.39 is 23.3 Å². The Morgan fingerprint density at radius 2 is 1.24 bits per heavy atom. The second kappa shape index (κ2) is 6.15. The summed E-state index contributed by atoms with van der Waals surface area (Å²) in [4.78, 5) is 39.0. The molecule has 1 aromatic heterocycles. The van der Waals surface area contributed by atoms with Gasteiger partial charge in [0.1, 0.15) is 0 Å². The third-order valence-corrected chi connectivity index (χ3v) is 4.11. The molecule has 25 heavy (non-hydrogen) atoms. The Kier molecular flexibility index (Phi) is 4.65. The van der Waals surface area contributed by atoms with Gasteiger partial charge in [-0.3, -0.25) is 9.97 Å². The fourth-order valence-corrected chi connectivity index (χ4v) is 2.48. The van der Waals surface area contributed by atoms with E-state index >= 15 is 0 Å². The quantitative estimate of drug-likeness (QED) is 0.762. The third-order valence-electron chi connectivity index (χ3n) is 4.11. The minimum Gasteiger partial charge on any atom is -0.369 e. The normalized spacial score (nSPS) is 13.7. The molecule has 0 aliphatic heterocycles. The first kappa shape index (κ1) is 18.9. The van der Waals surface area contributed by atoms with Gasteiger partial charge in [-0.05, 0) is 22.0 Å². The molecule has 0 spiro atoms. The average Bonchev–Trinajstić information content (AvgIpc) is 2.43. The van der Waals surface area contributed by atoms with E-state index in [4.69, 9.17) is 0 Å². The summed E-state index contributed by atoms with van der Waals surface area (Å²) in [5.41, 5.74) is -0.824. The summed E-state index contributed by atoms with van der Waals surface area (Å²) in [7, 11) is 0. The molecule has 0 aliphatic rings. The highest BCUT2D eigenvalue weighted by atomic mass is 16.3. The van der Waals surface area contributed by atoms with Gasteiger partial charge in [-0.15, -0.1) is 0 Å². The van der Waals surface area contributed by atoms with Crippen LogP contribution in [0.5, 0.6) is 0 Å². The van der Waals surface area contributed by atoms with Gasteiger partial charge >= 0.3 is 17.1 Å². The number of aromatic nitrogens is 3. The predicted molar refractivity (Wildman–Crippen MR) is 96.1 cm³/mol. The lowest BCUT2D eigenvalue weighted by Crippen LogP contribution is -2.45. The highest BCUT2D eigenvalue weighted by molar-refractivity contribution is 5.38. The number of aromatic amines is 2. The van der Waals surface area contributed by atoms with E-state index in [2.05, 4.69) is 6.07 Å². The van der Waals surface area contributed by atoms with E-state index in [0.29, 0.717) is 10.1 Å². The van der Waals surface area contributed by atoms with Gasteiger partial charge in [-0.1, -0.05) is 59.7 Å². The van der Waals surface area contributed by atoms with Crippen molar-refractivity contribution in [2.75, 3.05) is 0 Å². The van der Waals surface area contributed by atoms with Crippen LogP contribution in [0.4, 0.5) is 0 Å². The van der Waals surface area contributed by atoms with Crippen molar-refractivity contribution in [1.29, 1.82) is 0 Å². The van der Waals surface area contributed by atoms with Crippen LogP contribution in [0, 0.1) is 0 Å². The molecule has 0 bridgehead atoms. The van der Waals surface area contributed by atoms with Gasteiger partial charge in [0.15, 0.2) is 6.23 Å². The zero-order chi connectivity index (χ0) is 19.2. The molecule has 0 aliphatic carbocycles. The van der Waals surface area contributed by atoms with Crippen LogP contribution in [0.3, 0.4) is 0 Å². The summed E-state index contributed by atoms with van der Waals surface area (Å²) in [6, 6.07) is 5.61. The Balaban J connectivity index is 2.72. The zero-order valence-corrected chi connectivity index (χ0v) is 15.4. The number of rotatable bonds is 2. The Bertz CT molecular complexity index is 886. The molecule has 0 saturated carbocycles. The van der Waals surface area contributed by atoms with Gasteiger partial charge in [0.2, 0.25) is 0 Å². The zero-order valence-electron chi connectivity index (χ0n) is 15.4. The van der Waals surface area contributed by atoms with Gasteiger partial charge in [0, 0.05) is 5.56 Å². The maximum Gasteiger partial charge on any atom is 0.336 e. The number of aliphatic hydroxyl groups excluding tert-OH is 1. The smallest absolute Gasteiger partial charge is 0.336 e. The number of hydrogen-bond acceptors (Lipinski definition) is 4. The molecule has 2 rings (SSSR count).